The lowest BCUT2D eigenvalue weighted by Gasteiger charge is -2.55. The highest BCUT2D eigenvalue weighted by molar-refractivity contribution is 5.79. The monoisotopic (exact) mass is 283 g/mol. The van der Waals surface area contributed by atoms with Crippen molar-refractivity contribution in [2.75, 3.05) is 48.0 Å². The van der Waals surface area contributed by atoms with E-state index in [0.717, 1.165) is 45.0 Å². The number of aliphatic imine (C=N–C) groups is 1. The molecule has 2 fully saturated rings. The predicted octanol–water partition coefficient (Wildman–Crippen LogP) is 1.44. The molecule has 0 aromatic heterocycles. The highest BCUT2D eigenvalue weighted by Gasteiger charge is 2.56. The Morgan fingerprint density at radius 1 is 1.20 bits per heavy atom. The molecule has 1 saturated carbocycles. The first-order valence-electron chi connectivity index (χ1n) is 7.63. The van der Waals surface area contributed by atoms with Crippen molar-refractivity contribution in [3.8, 4) is 0 Å². The molecule has 116 valence electrons. The second-order valence-corrected chi connectivity index (χ2v) is 6.26. The number of ether oxygens (including phenoxy) is 2. The van der Waals surface area contributed by atoms with E-state index in [-0.39, 0.29) is 5.41 Å². The van der Waals surface area contributed by atoms with Crippen LogP contribution in [0.1, 0.15) is 26.2 Å². The van der Waals surface area contributed by atoms with Gasteiger partial charge in [-0.25, -0.2) is 4.99 Å². The van der Waals surface area contributed by atoms with Crippen LogP contribution in [0.2, 0.25) is 0 Å². The third-order valence-corrected chi connectivity index (χ3v) is 4.61. The van der Waals surface area contributed by atoms with E-state index in [1.807, 2.05) is 28.2 Å². The van der Waals surface area contributed by atoms with Gasteiger partial charge in [0.15, 0.2) is 5.96 Å². The molecular formula is C15H29N3O2. The van der Waals surface area contributed by atoms with Crippen molar-refractivity contribution in [2.24, 2.45) is 10.4 Å². The van der Waals surface area contributed by atoms with E-state index in [4.69, 9.17) is 14.5 Å². The Morgan fingerprint density at radius 2 is 1.80 bits per heavy atom. The van der Waals surface area contributed by atoms with Gasteiger partial charge in [0.1, 0.15) is 0 Å². The summed E-state index contributed by atoms with van der Waals surface area (Å²) < 4.78 is 11.5. The maximum atomic E-state index is 5.95. The van der Waals surface area contributed by atoms with Gasteiger partial charge in [-0.2, -0.15) is 0 Å². The molecular weight excluding hydrogens is 254 g/mol. The van der Waals surface area contributed by atoms with Crippen LogP contribution in [-0.2, 0) is 9.47 Å². The summed E-state index contributed by atoms with van der Waals surface area (Å²) >= 11 is 0. The molecule has 1 spiro atoms. The zero-order chi connectivity index (χ0) is 14.8. The fraction of sp³-hybridized carbons (Fsp3) is 0.933. The van der Waals surface area contributed by atoms with Crippen LogP contribution in [0, 0.1) is 5.41 Å². The van der Waals surface area contributed by atoms with E-state index in [0.29, 0.717) is 12.1 Å². The summed E-state index contributed by atoms with van der Waals surface area (Å²) in [6.45, 7) is 4.55. The zero-order valence-electron chi connectivity index (χ0n) is 13.6. The quantitative estimate of drug-likeness (QED) is 0.580. The minimum Gasteiger partial charge on any atom is -0.381 e. The molecule has 5 heteroatoms. The van der Waals surface area contributed by atoms with E-state index < -0.39 is 0 Å². The Hall–Kier alpha value is -0.810. The van der Waals surface area contributed by atoms with Crippen LogP contribution in [0.4, 0.5) is 0 Å². The number of hydrogen-bond acceptors (Lipinski definition) is 3. The van der Waals surface area contributed by atoms with Crippen LogP contribution in [0.5, 0.6) is 0 Å². The molecule has 0 amide bonds. The van der Waals surface area contributed by atoms with Crippen molar-refractivity contribution in [3.05, 3.63) is 0 Å². The number of guanidine groups is 1. The van der Waals surface area contributed by atoms with Gasteiger partial charge in [-0.15, -0.1) is 0 Å². The third-order valence-electron chi connectivity index (χ3n) is 4.61. The molecule has 0 bridgehead atoms. The molecule has 2 atom stereocenters. The lowest BCUT2D eigenvalue weighted by molar-refractivity contribution is -0.163. The second kappa shape index (κ2) is 6.31. The molecule has 1 saturated heterocycles. The number of rotatable bonds is 3. The third kappa shape index (κ3) is 2.79. The van der Waals surface area contributed by atoms with E-state index in [1.54, 1.807) is 0 Å². The highest BCUT2D eigenvalue weighted by atomic mass is 16.5. The van der Waals surface area contributed by atoms with Crippen LogP contribution in [0.25, 0.3) is 0 Å². The zero-order valence-corrected chi connectivity index (χ0v) is 13.6. The fourth-order valence-corrected chi connectivity index (χ4v) is 3.52. The molecule has 0 aromatic carbocycles. The Labute approximate surface area is 122 Å². The molecule has 1 aliphatic heterocycles. The van der Waals surface area contributed by atoms with Gasteiger partial charge in [0, 0.05) is 53.4 Å². The summed E-state index contributed by atoms with van der Waals surface area (Å²) in [5, 5.41) is 0. The fourth-order valence-electron chi connectivity index (χ4n) is 3.52. The summed E-state index contributed by atoms with van der Waals surface area (Å²) in [7, 11) is 8.20. The predicted molar refractivity (Wildman–Crippen MR) is 81.1 cm³/mol. The molecule has 0 aromatic rings. The maximum absolute atomic E-state index is 5.95. The van der Waals surface area contributed by atoms with E-state index in [9.17, 15) is 0 Å². The average molecular weight is 283 g/mol. The minimum absolute atomic E-state index is 0.200. The first kappa shape index (κ1) is 15.6. The van der Waals surface area contributed by atoms with Crippen LogP contribution in [0.15, 0.2) is 4.99 Å². The van der Waals surface area contributed by atoms with Crippen LogP contribution in [-0.4, -0.2) is 75.9 Å². The molecule has 2 rings (SSSR count). The van der Waals surface area contributed by atoms with Crippen LogP contribution < -0.4 is 0 Å². The Morgan fingerprint density at radius 3 is 2.30 bits per heavy atom. The van der Waals surface area contributed by atoms with Gasteiger partial charge >= 0.3 is 0 Å². The smallest absolute Gasteiger partial charge is 0.195 e. The van der Waals surface area contributed by atoms with Crippen molar-refractivity contribution in [1.29, 1.82) is 0 Å². The van der Waals surface area contributed by atoms with Gasteiger partial charge in [0.25, 0.3) is 0 Å². The minimum atomic E-state index is 0.200. The van der Waals surface area contributed by atoms with E-state index in [1.165, 1.54) is 0 Å². The van der Waals surface area contributed by atoms with Gasteiger partial charge < -0.3 is 19.3 Å². The summed E-state index contributed by atoms with van der Waals surface area (Å²) in [5.74, 6) is 1.04. The van der Waals surface area contributed by atoms with Gasteiger partial charge in [-0.05, 0) is 26.2 Å². The Balaban J connectivity index is 2.17. The molecule has 1 heterocycles. The highest BCUT2D eigenvalue weighted by Crippen LogP contribution is 2.52. The molecule has 0 unspecified atom stereocenters. The normalized spacial score (nSPS) is 27.9. The molecule has 0 radical (unpaired) electrons. The second-order valence-electron chi connectivity index (χ2n) is 6.26. The van der Waals surface area contributed by atoms with Crippen molar-refractivity contribution in [2.45, 2.75) is 38.3 Å². The topological polar surface area (TPSA) is 37.3 Å². The van der Waals surface area contributed by atoms with Gasteiger partial charge in [0.2, 0.25) is 0 Å². The number of nitrogens with zero attached hydrogens (tertiary/aromatic N) is 3. The first-order valence-corrected chi connectivity index (χ1v) is 7.63. The SMILES string of the molecule is CCO[C@H]1C[C@H](N=C(N(C)C)N(C)C)C12CCOCC2. The lowest BCUT2D eigenvalue weighted by Crippen LogP contribution is -2.60. The molecule has 1 aliphatic carbocycles. The lowest BCUT2D eigenvalue weighted by atomic mass is 9.58. The van der Waals surface area contributed by atoms with Crippen LogP contribution >= 0.6 is 0 Å². The molecule has 5 nitrogen and oxygen atoms in total. The van der Waals surface area contributed by atoms with Crippen LogP contribution in [0.3, 0.4) is 0 Å². The standard InChI is InChI=1S/C15H29N3O2/c1-6-20-13-11-12(15(13)7-9-19-10-8-15)16-14(17(2)3)18(4)5/h12-13H,6-11H2,1-5H3/t12-,13-/m0/s1. The van der Waals surface area contributed by atoms with E-state index >= 15 is 0 Å². The molecule has 20 heavy (non-hydrogen) atoms. The Kier molecular flexibility index (Phi) is 4.91. The molecule has 2 aliphatic rings. The summed E-state index contributed by atoms with van der Waals surface area (Å²) in [4.78, 5) is 9.19. The first-order chi connectivity index (χ1) is 9.51. The van der Waals surface area contributed by atoms with Crippen molar-refractivity contribution >= 4 is 5.96 Å². The van der Waals surface area contributed by atoms with Gasteiger partial charge in [-0.3, -0.25) is 0 Å². The van der Waals surface area contributed by atoms with Crippen molar-refractivity contribution in [1.82, 2.24) is 9.80 Å². The average Bonchev–Trinajstić information content (AvgIpc) is 2.42. The summed E-state index contributed by atoms with van der Waals surface area (Å²) in [6.07, 6.45) is 3.54. The van der Waals surface area contributed by atoms with Gasteiger partial charge in [0.05, 0.1) is 12.1 Å². The summed E-state index contributed by atoms with van der Waals surface area (Å²) in [5.41, 5.74) is 0.200. The van der Waals surface area contributed by atoms with E-state index in [2.05, 4.69) is 16.7 Å². The Bertz CT molecular complexity index is 339. The largest absolute Gasteiger partial charge is 0.381 e. The van der Waals surface area contributed by atoms with Gasteiger partial charge in [-0.1, -0.05) is 0 Å². The molecule has 0 N–H and O–H groups in total. The maximum Gasteiger partial charge on any atom is 0.195 e. The number of hydrogen-bond donors (Lipinski definition) is 0. The summed E-state index contributed by atoms with van der Waals surface area (Å²) in [6, 6.07) is 0.364. The van der Waals surface area contributed by atoms with Crippen molar-refractivity contribution < 1.29 is 9.47 Å². The van der Waals surface area contributed by atoms with Crippen molar-refractivity contribution in [3.63, 3.8) is 0 Å².